The average molecular weight is 180 g/mol. The Morgan fingerprint density at radius 1 is 1.46 bits per heavy atom. The van der Waals surface area contributed by atoms with Crippen LogP contribution >= 0.6 is 0 Å². The number of rotatable bonds is 2. The van der Waals surface area contributed by atoms with Gasteiger partial charge in [0.15, 0.2) is 17.3 Å². The van der Waals surface area contributed by atoms with Crippen molar-refractivity contribution >= 4 is 5.78 Å². The number of carbonyl (C=O) groups is 1. The van der Waals surface area contributed by atoms with E-state index in [4.69, 9.17) is 4.74 Å². The van der Waals surface area contributed by atoms with Gasteiger partial charge in [0.05, 0.1) is 7.11 Å². The van der Waals surface area contributed by atoms with Gasteiger partial charge in [0.25, 0.3) is 0 Å². The van der Waals surface area contributed by atoms with Crippen molar-refractivity contribution in [2.45, 2.75) is 13.8 Å². The number of methoxy groups -OCH3 is 1. The molecular weight excluding hydrogens is 168 g/mol. The number of benzene rings is 1. The molecule has 0 fully saturated rings. The molecule has 1 aromatic rings. The summed E-state index contributed by atoms with van der Waals surface area (Å²) in [5.41, 5.74) is 1.19. The number of phenols is 1. The van der Waals surface area contributed by atoms with Gasteiger partial charge in [-0.1, -0.05) is 0 Å². The van der Waals surface area contributed by atoms with Gasteiger partial charge in [0.1, 0.15) is 0 Å². The van der Waals surface area contributed by atoms with E-state index in [0.717, 1.165) is 0 Å². The molecule has 0 saturated heterocycles. The Morgan fingerprint density at radius 3 is 2.54 bits per heavy atom. The van der Waals surface area contributed by atoms with Crippen molar-refractivity contribution in [1.82, 2.24) is 0 Å². The van der Waals surface area contributed by atoms with Crippen LogP contribution < -0.4 is 4.74 Å². The predicted octanol–water partition coefficient (Wildman–Crippen LogP) is 1.91. The van der Waals surface area contributed by atoms with Crippen LogP contribution in [-0.4, -0.2) is 18.0 Å². The molecule has 70 valence electrons. The zero-order valence-electron chi connectivity index (χ0n) is 7.92. The zero-order chi connectivity index (χ0) is 10.0. The lowest BCUT2D eigenvalue weighted by atomic mass is 10.1. The zero-order valence-corrected chi connectivity index (χ0v) is 7.92. The summed E-state index contributed by atoms with van der Waals surface area (Å²) >= 11 is 0. The molecule has 1 N–H and O–H groups in total. The van der Waals surface area contributed by atoms with Gasteiger partial charge in [-0.25, -0.2) is 0 Å². The van der Waals surface area contributed by atoms with E-state index < -0.39 is 0 Å². The quantitative estimate of drug-likeness (QED) is 0.707. The molecule has 3 heteroatoms. The molecule has 0 spiro atoms. The minimum Gasteiger partial charge on any atom is -0.504 e. The van der Waals surface area contributed by atoms with Gasteiger partial charge in [-0.15, -0.1) is 0 Å². The van der Waals surface area contributed by atoms with Crippen LogP contribution in [0.1, 0.15) is 22.8 Å². The van der Waals surface area contributed by atoms with Crippen LogP contribution in [0.25, 0.3) is 0 Å². The average Bonchev–Trinajstić information content (AvgIpc) is 2.09. The SMILES string of the molecule is COc1cc(C(C)=O)cc(C)c1O. The molecule has 1 aromatic carbocycles. The number of ether oxygens (including phenoxy) is 1. The van der Waals surface area contributed by atoms with Crippen molar-refractivity contribution in [2.24, 2.45) is 0 Å². The van der Waals surface area contributed by atoms with Gasteiger partial charge < -0.3 is 9.84 Å². The summed E-state index contributed by atoms with van der Waals surface area (Å²) in [5.74, 6) is 0.388. The van der Waals surface area contributed by atoms with Crippen molar-refractivity contribution in [1.29, 1.82) is 0 Å². The van der Waals surface area contributed by atoms with E-state index >= 15 is 0 Å². The molecule has 13 heavy (non-hydrogen) atoms. The Bertz CT molecular complexity index is 342. The summed E-state index contributed by atoms with van der Waals surface area (Å²) in [7, 11) is 1.46. The maximum absolute atomic E-state index is 11.0. The van der Waals surface area contributed by atoms with E-state index in [-0.39, 0.29) is 11.5 Å². The maximum Gasteiger partial charge on any atom is 0.161 e. The minimum absolute atomic E-state index is 0.0404. The summed E-state index contributed by atoms with van der Waals surface area (Å²) in [4.78, 5) is 11.0. The summed E-state index contributed by atoms with van der Waals surface area (Å²) in [6, 6.07) is 3.17. The first-order valence-electron chi connectivity index (χ1n) is 3.94. The van der Waals surface area contributed by atoms with E-state index in [1.54, 1.807) is 13.0 Å². The highest BCUT2D eigenvalue weighted by Gasteiger charge is 2.09. The van der Waals surface area contributed by atoms with Gasteiger partial charge >= 0.3 is 0 Å². The third-order valence-electron chi connectivity index (χ3n) is 1.89. The van der Waals surface area contributed by atoms with E-state index in [0.29, 0.717) is 16.9 Å². The smallest absolute Gasteiger partial charge is 0.161 e. The van der Waals surface area contributed by atoms with Crippen LogP contribution in [0.3, 0.4) is 0 Å². The molecule has 0 aromatic heterocycles. The number of aryl methyl sites for hydroxylation is 1. The lowest BCUT2D eigenvalue weighted by molar-refractivity contribution is 0.101. The summed E-state index contributed by atoms with van der Waals surface area (Å²) < 4.78 is 4.91. The topological polar surface area (TPSA) is 46.5 Å². The minimum atomic E-state index is -0.0404. The lowest BCUT2D eigenvalue weighted by Crippen LogP contribution is -1.95. The fourth-order valence-corrected chi connectivity index (χ4v) is 1.11. The van der Waals surface area contributed by atoms with Crippen LogP contribution in [0, 0.1) is 6.92 Å². The van der Waals surface area contributed by atoms with Crippen molar-refractivity contribution in [3.8, 4) is 11.5 Å². The molecule has 0 bridgehead atoms. The molecule has 0 atom stereocenters. The van der Waals surface area contributed by atoms with Crippen LogP contribution in [0.4, 0.5) is 0 Å². The number of aromatic hydroxyl groups is 1. The number of ketones is 1. The van der Waals surface area contributed by atoms with Crippen molar-refractivity contribution < 1.29 is 14.6 Å². The Morgan fingerprint density at radius 2 is 2.08 bits per heavy atom. The van der Waals surface area contributed by atoms with Crippen molar-refractivity contribution in [3.05, 3.63) is 23.3 Å². The number of Topliss-reactive ketones (excluding diaryl/α,β-unsaturated/α-hetero) is 1. The van der Waals surface area contributed by atoms with Crippen molar-refractivity contribution in [3.63, 3.8) is 0 Å². The van der Waals surface area contributed by atoms with Crippen LogP contribution in [0.15, 0.2) is 12.1 Å². The van der Waals surface area contributed by atoms with Gasteiger partial charge in [-0.2, -0.15) is 0 Å². The Hall–Kier alpha value is -1.51. The molecule has 0 aliphatic rings. The molecular formula is C10H12O3. The van der Waals surface area contributed by atoms with E-state index in [2.05, 4.69) is 0 Å². The third kappa shape index (κ3) is 1.80. The highest BCUT2D eigenvalue weighted by atomic mass is 16.5. The molecule has 0 aliphatic heterocycles. The number of hydrogen-bond donors (Lipinski definition) is 1. The molecule has 1 rings (SSSR count). The number of carbonyl (C=O) groups excluding carboxylic acids is 1. The normalized spacial score (nSPS) is 9.77. The van der Waals surface area contributed by atoms with Gasteiger partial charge in [0, 0.05) is 5.56 Å². The first-order chi connectivity index (χ1) is 6.06. The van der Waals surface area contributed by atoms with Gasteiger partial charge in [-0.05, 0) is 31.5 Å². The molecule has 3 nitrogen and oxygen atoms in total. The van der Waals surface area contributed by atoms with Crippen LogP contribution in [-0.2, 0) is 0 Å². The molecule has 0 saturated carbocycles. The summed E-state index contributed by atoms with van der Waals surface area (Å²) in [6.45, 7) is 3.20. The molecule has 0 aliphatic carbocycles. The lowest BCUT2D eigenvalue weighted by Gasteiger charge is -2.07. The molecule has 0 heterocycles. The standard InChI is InChI=1S/C10H12O3/c1-6-4-8(7(2)11)5-9(13-3)10(6)12/h4-5,12H,1-3H3. The first-order valence-corrected chi connectivity index (χ1v) is 3.94. The second kappa shape index (κ2) is 3.47. The van der Waals surface area contributed by atoms with E-state index in [1.807, 2.05) is 0 Å². The van der Waals surface area contributed by atoms with Crippen molar-refractivity contribution in [2.75, 3.05) is 7.11 Å². The van der Waals surface area contributed by atoms with E-state index in [9.17, 15) is 9.90 Å². The van der Waals surface area contributed by atoms with E-state index in [1.165, 1.54) is 20.1 Å². The highest BCUT2D eigenvalue weighted by Crippen LogP contribution is 2.30. The third-order valence-corrected chi connectivity index (χ3v) is 1.89. The number of hydrogen-bond acceptors (Lipinski definition) is 3. The first kappa shape index (κ1) is 9.58. The predicted molar refractivity (Wildman–Crippen MR) is 49.4 cm³/mol. The van der Waals surface area contributed by atoms with Gasteiger partial charge in [0.2, 0.25) is 0 Å². The Kier molecular flexibility index (Phi) is 2.56. The van der Waals surface area contributed by atoms with Crippen LogP contribution in [0.5, 0.6) is 11.5 Å². The van der Waals surface area contributed by atoms with Crippen LogP contribution in [0.2, 0.25) is 0 Å². The van der Waals surface area contributed by atoms with Gasteiger partial charge in [-0.3, -0.25) is 4.79 Å². The molecule has 0 unspecified atom stereocenters. The second-order valence-electron chi connectivity index (χ2n) is 2.90. The molecule has 0 radical (unpaired) electrons. The Labute approximate surface area is 77.0 Å². The highest BCUT2D eigenvalue weighted by molar-refractivity contribution is 5.95. The fourth-order valence-electron chi connectivity index (χ4n) is 1.11. The largest absolute Gasteiger partial charge is 0.504 e. The maximum atomic E-state index is 11.0. The summed E-state index contributed by atoms with van der Waals surface area (Å²) in [5, 5.41) is 9.47. The Balaban J connectivity index is 3.30. The second-order valence-corrected chi connectivity index (χ2v) is 2.90. The fraction of sp³-hybridized carbons (Fsp3) is 0.300. The monoisotopic (exact) mass is 180 g/mol. The summed E-state index contributed by atoms with van der Waals surface area (Å²) in [6.07, 6.45) is 0. The molecule has 0 amide bonds. The number of phenolic OH excluding ortho intramolecular Hbond substituents is 1.